The fourth-order valence-corrected chi connectivity index (χ4v) is 3.87. The maximum absolute atomic E-state index is 3.61. The molecule has 1 aliphatic carbocycles. The first-order valence-corrected chi connectivity index (χ1v) is 7.96. The minimum Gasteiger partial charge on any atom is -0.312 e. The van der Waals surface area contributed by atoms with Crippen molar-refractivity contribution in [2.75, 3.05) is 6.54 Å². The topological polar surface area (TPSA) is 12.0 Å². The Morgan fingerprint density at radius 3 is 2.62 bits per heavy atom. The van der Waals surface area contributed by atoms with E-state index in [1.165, 1.54) is 54.4 Å². The standard InChI is InChI=1S/C13H20BrNS/c14-12-7-8-16-13(12)10-15-9-11-5-3-1-2-4-6-11/h7-8,11,15H,1-6,9-10H2. The van der Waals surface area contributed by atoms with Crippen LogP contribution in [0.4, 0.5) is 0 Å². The zero-order chi connectivity index (χ0) is 11.2. The van der Waals surface area contributed by atoms with Gasteiger partial charge in [-0.1, -0.05) is 25.7 Å². The van der Waals surface area contributed by atoms with Gasteiger partial charge in [-0.3, -0.25) is 0 Å². The molecule has 1 heterocycles. The molecule has 90 valence electrons. The van der Waals surface area contributed by atoms with E-state index in [1.54, 1.807) is 0 Å². The van der Waals surface area contributed by atoms with Crippen molar-refractivity contribution < 1.29 is 0 Å². The Morgan fingerprint density at radius 2 is 2.00 bits per heavy atom. The van der Waals surface area contributed by atoms with Gasteiger partial charge in [0.15, 0.2) is 0 Å². The molecule has 2 rings (SSSR count). The van der Waals surface area contributed by atoms with E-state index in [0.29, 0.717) is 0 Å². The van der Waals surface area contributed by atoms with Crippen molar-refractivity contribution >= 4 is 27.3 Å². The van der Waals surface area contributed by atoms with E-state index < -0.39 is 0 Å². The van der Waals surface area contributed by atoms with Crippen LogP contribution in [0.3, 0.4) is 0 Å². The van der Waals surface area contributed by atoms with Gasteiger partial charge in [-0.05, 0) is 52.7 Å². The molecule has 0 radical (unpaired) electrons. The largest absolute Gasteiger partial charge is 0.312 e. The van der Waals surface area contributed by atoms with Crippen molar-refractivity contribution in [3.8, 4) is 0 Å². The molecule has 1 nitrogen and oxygen atoms in total. The molecule has 0 atom stereocenters. The van der Waals surface area contributed by atoms with Gasteiger partial charge in [0, 0.05) is 15.9 Å². The van der Waals surface area contributed by atoms with Crippen molar-refractivity contribution in [3.63, 3.8) is 0 Å². The van der Waals surface area contributed by atoms with Crippen LogP contribution in [0, 0.1) is 5.92 Å². The Bertz CT molecular complexity index is 303. The molecule has 3 heteroatoms. The highest BCUT2D eigenvalue weighted by molar-refractivity contribution is 9.10. The second-order valence-corrected chi connectivity index (χ2v) is 6.54. The monoisotopic (exact) mass is 301 g/mol. The summed E-state index contributed by atoms with van der Waals surface area (Å²) in [4.78, 5) is 1.42. The Morgan fingerprint density at radius 1 is 1.25 bits per heavy atom. The van der Waals surface area contributed by atoms with E-state index >= 15 is 0 Å². The average molecular weight is 302 g/mol. The Hall–Kier alpha value is 0.140. The summed E-state index contributed by atoms with van der Waals surface area (Å²) >= 11 is 5.41. The highest BCUT2D eigenvalue weighted by atomic mass is 79.9. The molecule has 0 amide bonds. The summed E-state index contributed by atoms with van der Waals surface area (Å²) in [6.07, 6.45) is 8.64. The summed E-state index contributed by atoms with van der Waals surface area (Å²) < 4.78 is 1.26. The molecule has 0 saturated heterocycles. The van der Waals surface area contributed by atoms with Crippen molar-refractivity contribution in [3.05, 3.63) is 20.8 Å². The van der Waals surface area contributed by atoms with Gasteiger partial charge in [0.05, 0.1) is 0 Å². The van der Waals surface area contributed by atoms with Crippen LogP contribution in [0.5, 0.6) is 0 Å². The van der Waals surface area contributed by atoms with Crippen LogP contribution in [0.25, 0.3) is 0 Å². The average Bonchev–Trinajstić information content (AvgIpc) is 2.55. The molecule has 0 aromatic carbocycles. The molecule has 0 bridgehead atoms. The van der Waals surface area contributed by atoms with E-state index in [0.717, 1.165) is 12.5 Å². The molecule has 0 spiro atoms. The van der Waals surface area contributed by atoms with Gasteiger partial charge < -0.3 is 5.32 Å². The third-order valence-corrected chi connectivity index (χ3v) is 5.31. The van der Waals surface area contributed by atoms with Crippen LogP contribution in [0.2, 0.25) is 0 Å². The van der Waals surface area contributed by atoms with Crippen LogP contribution >= 0.6 is 27.3 Å². The summed E-state index contributed by atoms with van der Waals surface area (Å²) in [5.74, 6) is 0.918. The van der Waals surface area contributed by atoms with Gasteiger partial charge in [-0.25, -0.2) is 0 Å². The lowest BCUT2D eigenvalue weighted by atomic mass is 10.0. The van der Waals surface area contributed by atoms with Gasteiger partial charge in [-0.15, -0.1) is 11.3 Å². The first-order valence-electron chi connectivity index (χ1n) is 6.29. The summed E-state index contributed by atoms with van der Waals surface area (Å²) in [5, 5.41) is 5.75. The van der Waals surface area contributed by atoms with E-state index in [-0.39, 0.29) is 0 Å². The van der Waals surface area contributed by atoms with Gasteiger partial charge in [0.2, 0.25) is 0 Å². The zero-order valence-electron chi connectivity index (χ0n) is 9.68. The lowest BCUT2D eigenvalue weighted by Crippen LogP contribution is -2.21. The molecule has 1 fully saturated rings. The van der Waals surface area contributed by atoms with E-state index in [1.807, 2.05) is 11.3 Å². The minimum atomic E-state index is 0.918. The van der Waals surface area contributed by atoms with Crippen LogP contribution in [-0.4, -0.2) is 6.54 Å². The summed E-state index contributed by atoms with van der Waals surface area (Å²) in [5.41, 5.74) is 0. The third-order valence-electron chi connectivity index (χ3n) is 3.38. The van der Waals surface area contributed by atoms with Crippen molar-refractivity contribution in [2.45, 2.75) is 45.1 Å². The first kappa shape index (κ1) is 12.6. The van der Waals surface area contributed by atoms with E-state index in [9.17, 15) is 0 Å². The van der Waals surface area contributed by atoms with Crippen LogP contribution in [-0.2, 0) is 6.54 Å². The lowest BCUT2D eigenvalue weighted by molar-refractivity contribution is 0.426. The van der Waals surface area contributed by atoms with E-state index in [2.05, 4.69) is 32.7 Å². The van der Waals surface area contributed by atoms with Crippen LogP contribution < -0.4 is 5.32 Å². The first-order chi connectivity index (χ1) is 7.86. The maximum atomic E-state index is 3.61. The molecule has 1 saturated carbocycles. The Labute approximate surface area is 111 Å². The van der Waals surface area contributed by atoms with Crippen LogP contribution in [0.15, 0.2) is 15.9 Å². The highest BCUT2D eigenvalue weighted by Gasteiger charge is 2.11. The predicted molar refractivity (Wildman–Crippen MR) is 74.9 cm³/mol. The molecule has 1 N–H and O–H groups in total. The molecule has 1 aromatic rings. The van der Waals surface area contributed by atoms with Gasteiger partial charge in [0.1, 0.15) is 0 Å². The lowest BCUT2D eigenvalue weighted by Gasteiger charge is -2.14. The number of hydrogen-bond donors (Lipinski definition) is 1. The maximum Gasteiger partial charge on any atom is 0.0327 e. The van der Waals surface area contributed by atoms with Crippen LogP contribution in [0.1, 0.15) is 43.4 Å². The number of thiophene rings is 1. The number of nitrogens with one attached hydrogen (secondary N) is 1. The summed E-state index contributed by atoms with van der Waals surface area (Å²) in [7, 11) is 0. The van der Waals surface area contributed by atoms with Gasteiger partial charge >= 0.3 is 0 Å². The fraction of sp³-hybridized carbons (Fsp3) is 0.692. The minimum absolute atomic E-state index is 0.918. The molecular weight excluding hydrogens is 282 g/mol. The summed E-state index contributed by atoms with van der Waals surface area (Å²) in [6, 6.07) is 2.13. The summed E-state index contributed by atoms with van der Waals surface area (Å²) in [6.45, 7) is 2.22. The van der Waals surface area contributed by atoms with Crippen molar-refractivity contribution in [1.82, 2.24) is 5.32 Å². The third kappa shape index (κ3) is 3.86. The second-order valence-electron chi connectivity index (χ2n) is 4.68. The zero-order valence-corrected chi connectivity index (χ0v) is 12.1. The number of hydrogen-bond acceptors (Lipinski definition) is 2. The van der Waals surface area contributed by atoms with Crippen molar-refractivity contribution in [1.29, 1.82) is 0 Å². The normalized spacial score (nSPS) is 18.6. The molecular formula is C13H20BrNS. The predicted octanol–water partition coefficient (Wildman–Crippen LogP) is 4.57. The number of rotatable bonds is 4. The smallest absolute Gasteiger partial charge is 0.0327 e. The molecule has 16 heavy (non-hydrogen) atoms. The molecule has 1 aromatic heterocycles. The second kappa shape index (κ2) is 6.77. The molecule has 0 aliphatic heterocycles. The SMILES string of the molecule is Brc1ccsc1CNCC1CCCCCC1. The Balaban J connectivity index is 1.69. The number of halogens is 1. The van der Waals surface area contributed by atoms with E-state index in [4.69, 9.17) is 0 Å². The van der Waals surface area contributed by atoms with Gasteiger partial charge in [-0.2, -0.15) is 0 Å². The van der Waals surface area contributed by atoms with Gasteiger partial charge in [0.25, 0.3) is 0 Å². The molecule has 1 aliphatic rings. The highest BCUT2D eigenvalue weighted by Crippen LogP contribution is 2.24. The Kier molecular flexibility index (Phi) is 5.33. The fourth-order valence-electron chi connectivity index (χ4n) is 2.41. The molecule has 0 unspecified atom stereocenters. The van der Waals surface area contributed by atoms with Crippen molar-refractivity contribution in [2.24, 2.45) is 5.92 Å². The quantitative estimate of drug-likeness (QED) is 0.803.